The largest absolute Gasteiger partial charge is 0.370 e. The van der Waals surface area contributed by atoms with Crippen LogP contribution in [0, 0.1) is 11.3 Å². The average molecular weight is 237 g/mol. The van der Waals surface area contributed by atoms with E-state index in [0.717, 1.165) is 30.0 Å². The van der Waals surface area contributed by atoms with Crippen molar-refractivity contribution in [3.63, 3.8) is 0 Å². The molecule has 0 saturated carbocycles. The fourth-order valence-electron chi connectivity index (χ4n) is 1.70. The zero-order valence-corrected chi connectivity index (χ0v) is 10.4. The van der Waals surface area contributed by atoms with Crippen molar-refractivity contribution in [3.05, 3.63) is 48.0 Å². The number of pyridine rings is 1. The van der Waals surface area contributed by atoms with Crippen LogP contribution < -0.4 is 5.32 Å². The monoisotopic (exact) mass is 237 g/mol. The number of nitrogens with zero attached hydrogens (tertiary/aromatic N) is 2. The Morgan fingerprint density at radius 1 is 1.22 bits per heavy atom. The average Bonchev–Trinajstić information content (AvgIpc) is 2.45. The molecule has 1 N–H and O–H groups in total. The minimum absolute atomic E-state index is 0.654. The summed E-state index contributed by atoms with van der Waals surface area (Å²) < 4.78 is 0. The number of aromatic nitrogens is 1. The summed E-state index contributed by atoms with van der Waals surface area (Å²) in [5.41, 5.74) is 2.50. The molecule has 0 fully saturated rings. The molecule has 0 spiro atoms. The highest BCUT2D eigenvalue weighted by atomic mass is 15.0. The van der Waals surface area contributed by atoms with Gasteiger partial charge in [-0.1, -0.05) is 25.1 Å². The van der Waals surface area contributed by atoms with Crippen LogP contribution in [-0.4, -0.2) is 11.5 Å². The van der Waals surface area contributed by atoms with E-state index in [1.165, 1.54) is 0 Å². The van der Waals surface area contributed by atoms with Gasteiger partial charge in [0.15, 0.2) is 0 Å². The fourth-order valence-corrected chi connectivity index (χ4v) is 1.70. The van der Waals surface area contributed by atoms with Crippen LogP contribution in [0.15, 0.2) is 42.5 Å². The zero-order chi connectivity index (χ0) is 12.8. The molecule has 0 aliphatic carbocycles. The molecule has 3 nitrogen and oxygen atoms in total. The van der Waals surface area contributed by atoms with Gasteiger partial charge in [-0.15, -0.1) is 0 Å². The third kappa shape index (κ3) is 2.86. The van der Waals surface area contributed by atoms with E-state index in [1.807, 2.05) is 36.4 Å². The molecule has 0 aliphatic heterocycles. The van der Waals surface area contributed by atoms with Crippen LogP contribution in [0.25, 0.3) is 11.3 Å². The summed E-state index contributed by atoms with van der Waals surface area (Å²) in [5.74, 6) is 0.872. The number of hydrogen-bond acceptors (Lipinski definition) is 3. The van der Waals surface area contributed by atoms with Gasteiger partial charge in [0.1, 0.15) is 5.82 Å². The van der Waals surface area contributed by atoms with E-state index in [9.17, 15) is 0 Å². The first-order valence-electron chi connectivity index (χ1n) is 6.05. The van der Waals surface area contributed by atoms with Crippen LogP contribution >= 0.6 is 0 Å². The van der Waals surface area contributed by atoms with Gasteiger partial charge in [-0.2, -0.15) is 5.26 Å². The summed E-state index contributed by atoms with van der Waals surface area (Å²) >= 11 is 0. The quantitative estimate of drug-likeness (QED) is 0.886. The van der Waals surface area contributed by atoms with Crippen molar-refractivity contribution < 1.29 is 0 Å². The second-order valence-corrected chi connectivity index (χ2v) is 4.03. The molecule has 90 valence electrons. The summed E-state index contributed by atoms with van der Waals surface area (Å²) in [5, 5.41) is 12.2. The summed E-state index contributed by atoms with van der Waals surface area (Å²) in [6.07, 6.45) is 1.07. The first-order valence-corrected chi connectivity index (χ1v) is 6.05. The van der Waals surface area contributed by atoms with Gasteiger partial charge in [0.2, 0.25) is 0 Å². The van der Waals surface area contributed by atoms with Crippen LogP contribution in [-0.2, 0) is 0 Å². The third-order valence-corrected chi connectivity index (χ3v) is 2.59. The number of nitriles is 1. The van der Waals surface area contributed by atoms with Gasteiger partial charge >= 0.3 is 0 Å². The van der Waals surface area contributed by atoms with Crippen molar-refractivity contribution in [2.75, 3.05) is 11.9 Å². The Labute approximate surface area is 107 Å². The number of nitrogens with one attached hydrogen (secondary N) is 1. The highest BCUT2D eigenvalue weighted by Crippen LogP contribution is 2.19. The van der Waals surface area contributed by atoms with E-state index in [2.05, 4.69) is 23.3 Å². The molecule has 1 heterocycles. The maximum Gasteiger partial charge on any atom is 0.126 e. The minimum Gasteiger partial charge on any atom is -0.370 e. The molecule has 2 rings (SSSR count). The standard InChI is InChI=1S/C15H15N3/c1-2-9-17-15-8-4-7-14(18-15)13-6-3-5-12(10-13)11-16/h3-8,10H,2,9H2,1H3,(H,17,18). The van der Waals surface area contributed by atoms with E-state index in [0.29, 0.717) is 5.56 Å². The normalized spacial score (nSPS) is 9.78. The van der Waals surface area contributed by atoms with Crippen molar-refractivity contribution >= 4 is 5.82 Å². The van der Waals surface area contributed by atoms with Crippen molar-refractivity contribution in [2.24, 2.45) is 0 Å². The molecule has 0 unspecified atom stereocenters. The third-order valence-electron chi connectivity index (χ3n) is 2.59. The van der Waals surface area contributed by atoms with Crippen molar-refractivity contribution in [3.8, 4) is 17.3 Å². The predicted molar refractivity (Wildman–Crippen MR) is 73.2 cm³/mol. The Hall–Kier alpha value is -2.34. The second kappa shape index (κ2) is 5.83. The van der Waals surface area contributed by atoms with Crippen LogP contribution in [0.3, 0.4) is 0 Å². The van der Waals surface area contributed by atoms with E-state index in [4.69, 9.17) is 5.26 Å². The smallest absolute Gasteiger partial charge is 0.126 e. The minimum atomic E-state index is 0.654. The van der Waals surface area contributed by atoms with Crippen LogP contribution in [0.4, 0.5) is 5.82 Å². The van der Waals surface area contributed by atoms with Gasteiger partial charge in [0, 0.05) is 12.1 Å². The molecule has 0 aliphatic rings. The number of benzene rings is 1. The van der Waals surface area contributed by atoms with Gasteiger partial charge in [0.25, 0.3) is 0 Å². The molecule has 18 heavy (non-hydrogen) atoms. The number of anilines is 1. The second-order valence-electron chi connectivity index (χ2n) is 4.03. The first-order chi connectivity index (χ1) is 8.83. The van der Waals surface area contributed by atoms with Crippen LogP contribution in [0.1, 0.15) is 18.9 Å². The van der Waals surface area contributed by atoms with E-state index in [1.54, 1.807) is 6.07 Å². The molecule has 0 radical (unpaired) electrons. The summed E-state index contributed by atoms with van der Waals surface area (Å²) in [7, 11) is 0. The molecular formula is C15H15N3. The van der Waals surface area contributed by atoms with Gasteiger partial charge in [-0.05, 0) is 30.7 Å². The SMILES string of the molecule is CCCNc1cccc(-c2cccc(C#N)c2)n1. The van der Waals surface area contributed by atoms with Gasteiger partial charge in [-0.3, -0.25) is 0 Å². The molecule has 0 bridgehead atoms. The molecule has 2 aromatic rings. The topological polar surface area (TPSA) is 48.7 Å². The van der Waals surface area contributed by atoms with E-state index >= 15 is 0 Å². The molecule has 0 saturated heterocycles. The molecule has 1 aromatic carbocycles. The lowest BCUT2D eigenvalue weighted by Crippen LogP contribution is -2.01. The highest BCUT2D eigenvalue weighted by molar-refractivity contribution is 5.63. The van der Waals surface area contributed by atoms with Crippen molar-refractivity contribution in [2.45, 2.75) is 13.3 Å². The Morgan fingerprint density at radius 3 is 2.83 bits per heavy atom. The lowest BCUT2D eigenvalue weighted by molar-refractivity contribution is 0.970. The first kappa shape index (κ1) is 12.1. The Balaban J connectivity index is 2.29. The van der Waals surface area contributed by atoms with Crippen LogP contribution in [0.2, 0.25) is 0 Å². The maximum atomic E-state index is 8.90. The van der Waals surface area contributed by atoms with Gasteiger partial charge in [-0.25, -0.2) is 4.98 Å². The molecule has 3 heteroatoms. The van der Waals surface area contributed by atoms with Gasteiger partial charge in [0.05, 0.1) is 17.3 Å². The fraction of sp³-hybridized carbons (Fsp3) is 0.200. The Morgan fingerprint density at radius 2 is 2.06 bits per heavy atom. The van der Waals surface area contributed by atoms with E-state index < -0.39 is 0 Å². The lowest BCUT2D eigenvalue weighted by atomic mass is 10.1. The van der Waals surface area contributed by atoms with E-state index in [-0.39, 0.29) is 0 Å². The number of rotatable bonds is 4. The molecule has 0 atom stereocenters. The Kier molecular flexibility index (Phi) is 3.93. The zero-order valence-electron chi connectivity index (χ0n) is 10.4. The summed E-state index contributed by atoms with van der Waals surface area (Å²) in [4.78, 5) is 4.54. The molecule has 0 amide bonds. The molecular weight excluding hydrogens is 222 g/mol. The van der Waals surface area contributed by atoms with Gasteiger partial charge < -0.3 is 5.32 Å². The lowest BCUT2D eigenvalue weighted by Gasteiger charge is -2.06. The Bertz CT molecular complexity index is 570. The highest BCUT2D eigenvalue weighted by Gasteiger charge is 2.01. The number of hydrogen-bond donors (Lipinski definition) is 1. The predicted octanol–water partition coefficient (Wildman–Crippen LogP) is 3.44. The maximum absolute atomic E-state index is 8.90. The van der Waals surface area contributed by atoms with Crippen LogP contribution in [0.5, 0.6) is 0 Å². The summed E-state index contributed by atoms with van der Waals surface area (Å²) in [6.45, 7) is 3.03. The van der Waals surface area contributed by atoms with Crippen molar-refractivity contribution in [1.82, 2.24) is 4.98 Å². The molecule has 1 aromatic heterocycles. The van der Waals surface area contributed by atoms with Crippen molar-refractivity contribution in [1.29, 1.82) is 5.26 Å². The summed E-state index contributed by atoms with van der Waals surface area (Å²) in [6, 6.07) is 15.5.